The van der Waals surface area contributed by atoms with E-state index in [2.05, 4.69) is 0 Å². The topological polar surface area (TPSA) is 44.8 Å². The molecule has 0 amide bonds. The van der Waals surface area contributed by atoms with E-state index in [0.717, 1.165) is 17.9 Å². The highest BCUT2D eigenvalue weighted by Gasteiger charge is 2.37. The predicted octanol–water partition coefficient (Wildman–Crippen LogP) is 1.51. The highest BCUT2D eigenvalue weighted by atomic mass is 33.1. The average Bonchev–Trinajstić information content (AvgIpc) is 2.93. The Labute approximate surface area is 112 Å². The fraction of sp³-hybridized carbons (Fsp3) is 1.00. The van der Waals surface area contributed by atoms with Crippen molar-refractivity contribution >= 4 is 43.4 Å². The van der Waals surface area contributed by atoms with E-state index in [1.54, 1.807) is 7.11 Å². The summed E-state index contributed by atoms with van der Waals surface area (Å²) >= 11 is 2.82. The number of hydrogen-bond donors (Lipinski definition) is 0. The summed E-state index contributed by atoms with van der Waals surface area (Å²) in [6.07, 6.45) is 0.507. The Morgan fingerprint density at radius 2 is 2.24 bits per heavy atom. The van der Waals surface area contributed by atoms with Gasteiger partial charge in [0, 0.05) is 32.4 Å². The minimum atomic E-state index is -2.53. The maximum absolute atomic E-state index is 12.1. The van der Waals surface area contributed by atoms with E-state index < -0.39 is 5.77 Å². The van der Waals surface area contributed by atoms with Crippen molar-refractivity contribution in [3.8, 4) is 0 Å². The molecule has 9 heteroatoms. The number of rotatable bonds is 5. The van der Waals surface area contributed by atoms with Crippen molar-refractivity contribution in [1.29, 1.82) is 0 Å². The van der Waals surface area contributed by atoms with Gasteiger partial charge in [-0.15, -0.1) is 0 Å². The fourth-order valence-corrected chi connectivity index (χ4v) is 9.17. The molecule has 0 aliphatic carbocycles. The normalized spacial score (nSPS) is 36.2. The molecule has 4 nitrogen and oxygen atoms in total. The zero-order valence-electron chi connectivity index (χ0n) is 9.61. The quantitative estimate of drug-likeness (QED) is 0.565. The number of hydrogen-bond acceptors (Lipinski definition) is 6. The molecule has 2 aliphatic rings. The van der Waals surface area contributed by atoms with Gasteiger partial charge in [-0.1, -0.05) is 22.8 Å². The fourth-order valence-electron chi connectivity index (χ4n) is 1.84. The lowest BCUT2D eigenvalue weighted by atomic mass is 9.51. The third-order valence-corrected chi connectivity index (χ3v) is 10.4. The van der Waals surface area contributed by atoms with Gasteiger partial charge >= 0.3 is 5.77 Å². The maximum Gasteiger partial charge on any atom is 0.313 e. The molecule has 2 fully saturated rings. The van der Waals surface area contributed by atoms with E-state index in [9.17, 15) is 4.57 Å². The van der Waals surface area contributed by atoms with E-state index in [1.165, 1.54) is 29.9 Å². The molecule has 2 heterocycles. The molecule has 2 aliphatic heterocycles. The number of ether oxygens (including phenoxy) is 2. The van der Waals surface area contributed by atoms with Crippen molar-refractivity contribution in [2.24, 2.45) is 0 Å². The van der Waals surface area contributed by atoms with Crippen molar-refractivity contribution in [3.05, 3.63) is 0 Å². The van der Waals surface area contributed by atoms with Crippen LogP contribution in [0.3, 0.4) is 0 Å². The third kappa shape index (κ3) is 3.71. The lowest BCUT2D eigenvalue weighted by molar-refractivity contribution is -0.0131. The minimum Gasteiger partial charge on any atom is -0.380 e. The van der Waals surface area contributed by atoms with Crippen LogP contribution in [-0.4, -0.2) is 58.3 Å². The van der Waals surface area contributed by atoms with Gasteiger partial charge in [-0.25, -0.2) is 0 Å². The monoisotopic (exact) mass is 291 g/mol. The molecule has 0 saturated carbocycles. The van der Waals surface area contributed by atoms with Gasteiger partial charge in [0.1, 0.15) is 6.10 Å². The minimum absolute atomic E-state index is 0.0380. The second kappa shape index (κ2) is 6.40. The second-order valence-corrected chi connectivity index (χ2v) is 11.4. The van der Waals surface area contributed by atoms with Gasteiger partial charge in [0.25, 0.3) is 0 Å². The summed E-state index contributed by atoms with van der Waals surface area (Å²) in [5, 5.41) is 0. The first-order chi connectivity index (χ1) is 8.17. The van der Waals surface area contributed by atoms with Crippen LogP contribution in [0.25, 0.3) is 0 Å². The molecule has 3 atom stereocenters. The Hall–Kier alpha value is 0.940. The van der Waals surface area contributed by atoms with Crippen molar-refractivity contribution in [2.75, 3.05) is 25.2 Å². The SMILES string of the molecule is [B][B][C@H]1CC(OC)[C@@H](COP2(=O)SCCS2)O1. The standard InChI is InChI=1S/C8H14B2O4PS2/c1-12-6-4-8(10-9)14-7(6)5-13-15(11)16-2-3-17-15/h6-8H,2-5H2,1H3/t6?,7-,8-/m1/s1. The van der Waals surface area contributed by atoms with Gasteiger partial charge < -0.3 is 14.0 Å². The first-order valence-corrected chi connectivity index (χ1v) is 10.2. The third-order valence-electron chi connectivity index (χ3n) is 2.73. The van der Waals surface area contributed by atoms with Gasteiger partial charge in [-0.2, -0.15) is 0 Å². The summed E-state index contributed by atoms with van der Waals surface area (Å²) in [4.78, 5) is 0. The summed E-state index contributed by atoms with van der Waals surface area (Å²) in [6.45, 7) is 0.306. The average molecular weight is 291 g/mol. The van der Waals surface area contributed by atoms with E-state index in [4.69, 9.17) is 21.7 Å². The lowest BCUT2D eigenvalue weighted by Crippen LogP contribution is -2.27. The van der Waals surface area contributed by atoms with Crippen molar-refractivity contribution in [1.82, 2.24) is 0 Å². The first-order valence-electron chi connectivity index (χ1n) is 5.44. The van der Waals surface area contributed by atoms with Crippen LogP contribution in [0.1, 0.15) is 6.42 Å². The van der Waals surface area contributed by atoms with E-state index in [1.807, 2.05) is 0 Å². The van der Waals surface area contributed by atoms with Crippen LogP contribution in [0.4, 0.5) is 0 Å². The van der Waals surface area contributed by atoms with Crippen LogP contribution in [-0.2, 0) is 18.6 Å². The summed E-state index contributed by atoms with van der Waals surface area (Å²) in [6, 6.07) is -0.0987. The first kappa shape index (κ1) is 14.4. The van der Waals surface area contributed by atoms with Gasteiger partial charge in [0.05, 0.1) is 19.9 Å². The Balaban J connectivity index is 1.83. The Morgan fingerprint density at radius 1 is 1.53 bits per heavy atom. The molecule has 1 unspecified atom stereocenters. The van der Waals surface area contributed by atoms with E-state index >= 15 is 0 Å². The molecule has 2 rings (SSSR count). The molecule has 2 saturated heterocycles. The smallest absolute Gasteiger partial charge is 0.313 e. The summed E-state index contributed by atoms with van der Waals surface area (Å²) in [5.41, 5.74) is 0. The zero-order valence-corrected chi connectivity index (χ0v) is 12.1. The van der Waals surface area contributed by atoms with Gasteiger partial charge in [-0.05, 0) is 6.42 Å². The van der Waals surface area contributed by atoms with Crippen LogP contribution in [0, 0.1) is 0 Å². The van der Waals surface area contributed by atoms with Crippen molar-refractivity contribution in [2.45, 2.75) is 24.6 Å². The molecular formula is C8H14B2O4PS2. The molecule has 93 valence electrons. The van der Waals surface area contributed by atoms with Crippen LogP contribution >= 0.6 is 28.5 Å². The van der Waals surface area contributed by atoms with Crippen LogP contribution in [0.5, 0.6) is 0 Å². The van der Waals surface area contributed by atoms with Crippen LogP contribution in [0.2, 0.25) is 0 Å². The second-order valence-electron chi connectivity index (χ2n) is 3.82. The van der Waals surface area contributed by atoms with Gasteiger partial charge in [-0.3, -0.25) is 4.57 Å². The highest BCUT2D eigenvalue weighted by Crippen LogP contribution is 2.74. The van der Waals surface area contributed by atoms with Gasteiger partial charge in [0.15, 0.2) is 0 Å². The Morgan fingerprint density at radius 3 is 2.82 bits per heavy atom. The van der Waals surface area contributed by atoms with Crippen molar-refractivity contribution < 1.29 is 18.6 Å². The summed E-state index contributed by atoms with van der Waals surface area (Å²) < 4.78 is 28.6. The van der Waals surface area contributed by atoms with E-state index in [-0.39, 0.29) is 18.2 Å². The summed E-state index contributed by atoms with van der Waals surface area (Å²) in [5.74, 6) is -0.753. The van der Waals surface area contributed by atoms with Crippen LogP contribution in [0.15, 0.2) is 0 Å². The zero-order chi connectivity index (χ0) is 12.3. The van der Waals surface area contributed by atoms with E-state index in [0.29, 0.717) is 6.61 Å². The number of methoxy groups -OCH3 is 1. The molecular weight excluding hydrogens is 277 g/mol. The molecule has 0 aromatic rings. The Kier molecular flexibility index (Phi) is 5.40. The molecule has 0 aromatic carbocycles. The highest BCUT2D eigenvalue weighted by molar-refractivity contribution is 8.90. The maximum atomic E-state index is 12.1. The lowest BCUT2D eigenvalue weighted by Gasteiger charge is -2.19. The molecule has 0 spiro atoms. The molecule has 3 radical (unpaired) electrons. The molecule has 17 heavy (non-hydrogen) atoms. The van der Waals surface area contributed by atoms with Gasteiger partial charge in [0.2, 0.25) is 0 Å². The van der Waals surface area contributed by atoms with Crippen LogP contribution < -0.4 is 0 Å². The largest absolute Gasteiger partial charge is 0.380 e. The molecule has 0 bridgehead atoms. The van der Waals surface area contributed by atoms with Crippen molar-refractivity contribution in [3.63, 3.8) is 0 Å². The molecule has 0 aromatic heterocycles. The summed E-state index contributed by atoms with van der Waals surface area (Å²) in [7, 11) is 8.61. The predicted molar refractivity (Wildman–Crippen MR) is 74.1 cm³/mol. The Bertz CT molecular complexity index is 299. The molecule has 0 N–H and O–H groups in total.